The summed E-state index contributed by atoms with van der Waals surface area (Å²) < 4.78 is 0. The molecule has 0 aliphatic rings. The van der Waals surface area contributed by atoms with Crippen LogP contribution < -0.4 is 4.90 Å². The van der Waals surface area contributed by atoms with E-state index in [1.807, 2.05) is 31.1 Å². The predicted molar refractivity (Wildman–Crippen MR) is 71.1 cm³/mol. The van der Waals surface area contributed by atoms with Crippen LogP contribution in [-0.2, 0) is 4.79 Å². The Labute approximate surface area is 107 Å². The van der Waals surface area contributed by atoms with Gasteiger partial charge in [-0.05, 0) is 38.1 Å². The van der Waals surface area contributed by atoms with Gasteiger partial charge in [-0.1, -0.05) is 0 Å². The molecule has 98 valence electrons. The molecular formula is C14H19NO3. The van der Waals surface area contributed by atoms with E-state index in [4.69, 9.17) is 5.11 Å². The number of carboxylic acids is 1. The Morgan fingerprint density at radius 3 is 2.06 bits per heavy atom. The molecule has 1 aromatic carbocycles. The van der Waals surface area contributed by atoms with Gasteiger partial charge in [0.25, 0.3) is 0 Å². The van der Waals surface area contributed by atoms with E-state index in [0.717, 1.165) is 5.69 Å². The van der Waals surface area contributed by atoms with Crippen LogP contribution in [-0.4, -0.2) is 31.0 Å². The fraction of sp³-hybridized carbons (Fsp3) is 0.429. The predicted octanol–water partition coefficient (Wildman–Crippen LogP) is 2.44. The Balaban J connectivity index is 2.82. The van der Waals surface area contributed by atoms with Gasteiger partial charge in [-0.15, -0.1) is 0 Å². The van der Waals surface area contributed by atoms with Gasteiger partial charge in [-0.2, -0.15) is 0 Å². The third kappa shape index (κ3) is 3.32. The summed E-state index contributed by atoms with van der Waals surface area (Å²) in [6.07, 6.45) is 0.00362. The smallest absolute Gasteiger partial charge is 0.309 e. The van der Waals surface area contributed by atoms with E-state index >= 15 is 0 Å². The summed E-state index contributed by atoms with van der Waals surface area (Å²) in [5.74, 6) is -1.10. The van der Waals surface area contributed by atoms with Crippen LogP contribution in [0, 0.1) is 5.41 Å². The average molecular weight is 249 g/mol. The standard InChI is InChI=1S/C14H19NO3/c1-14(2,13(17)18)9-12(16)10-5-7-11(8-6-10)15(3)4/h5-8H,9H2,1-4H3,(H,17,18). The number of aliphatic carboxylic acids is 1. The highest BCUT2D eigenvalue weighted by Crippen LogP contribution is 2.23. The average Bonchev–Trinajstić information content (AvgIpc) is 2.28. The number of carbonyl (C=O) groups is 2. The van der Waals surface area contributed by atoms with Gasteiger partial charge in [0.15, 0.2) is 5.78 Å². The molecule has 4 nitrogen and oxygen atoms in total. The summed E-state index contributed by atoms with van der Waals surface area (Å²) in [7, 11) is 3.84. The van der Waals surface area contributed by atoms with Crippen molar-refractivity contribution in [1.29, 1.82) is 0 Å². The fourth-order valence-corrected chi connectivity index (χ4v) is 1.52. The summed E-state index contributed by atoms with van der Waals surface area (Å²) in [4.78, 5) is 24.9. The van der Waals surface area contributed by atoms with E-state index in [0.29, 0.717) is 5.56 Å². The van der Waals surface area contributed by atoms with Gasteiger partial charge >= 0.3 is 5.97 Å². The first-order valence-electron chi connectivity index (χ1n) is 5.78. The Morgan fingerprint density at radius 2 is 1.67 bits per heavy atom. The molecule has 0 aromatic heterocycles. The van der Waals surface area contributed by atoms with Crippen LogP contribution in [0.3, 0.4) is 0 Å². The highest BCUT2D eigenvalue weighted by atomic mass is 16.4. The van der Waals surface area contributed by atoms with E-state index < -0.39 is 11.4 Å². The molecule has 18 heavy (non-hydrogen) atoms. The van der Waals surface area contributed by atoms with Crippen molar-refractivity contribution in [3.63, 3.8) is 0 Å². The Morgan fingerprint density at radius 1 is 1.17 bits per heavy atom. The maximum Gasteiger partial charge on any atom is 0.309 e. The zero-order valence-electron chi connectivity index (χ0n) is 11.2. The number of hydrogen-bond acceptors (Lipinski definition) is 3. The molecule has 0 fully saturated rings. The van der Waals surface area contributed by atoms with Gasteiger partial charge < -0.3 is 10.0 Å². The number of anilines is 1. The second kappa shape index (κ2) is 5.21. The highest BCUT2D eigenvalue weighted by Gasteiger charge is 2.30. The Bertz CT molecular complexity index is 447. The second-order valence-corrected chi connectivity index (χ2v) is 5.23. The lowest BCUT2D eigenvalue weighted by Gasteiger charge is -2.18. The number of hydrogen-bond donors (Lipinski definition) is 1. The van der Waals surface area contributed by atoms with E-state index in [9.17, 15) is 9.59 Å². The number of carbonyl (C=O) groups excluding carboxylic acids is 1. The van der Waals surface area contributed by atoms with Crippen LogP contribution in [0.25, 0.3) is 0 Å². The van der Waals surface area contributed by atoms with Crippen molar-refractivity contribution < 1.29 is 14.7 Å². The third-order valence-corrected chi connectivity index (χ3v) is 2.89. The molecule has 0 heterocycles. The lowest BCUT2D eigenvalue weighted by atomic mass is 9.86. The Kier molecular flexibility index (Phi) is 4.11. The summed E-state index contributed by atoms with van der Waals surface area (Å²) in [6.45, 7) is 3.11. The molecule has 0 aliphatic carbocycles. The van der Waals surface area contributed by atoms with Gasteiger partial charge in [0, 0.05) is 31.8 Å². The van der Waals surface area contributed by atoms with Crippen molar-refractivity contribution >= 4 is 17.4 Å². The summed E-state index contributed by atoms with van der Waals surface area (Å²) in [6, 6.07) is 7.16. The highest BCUT2D eigenvalue weighted by molar-refractivity contribution is 5.98. The molecular weight excluding hydrogens is 230 g/mol. The summed E-state index contributed by atoms with van der Waals surface area (Å²) >= 11 is 0. The molecule has 0 saturated heterocycles. The molecule has 0 unspecified atom stereocenters. The van der Waals surface area contributed by atoms with Gasteiger partial charge in [-0.25, -0.2) is 0 Å². The van der Waals surface area contributed by atoms with Crippen molar-refractivity contribution in [1.82, 2.24) is 0 Å². The minimum Gasteiger partial charge on any atom is -0.481 e. The fourth-order valence-electron chi connectivity index (χ4n) is 1.52. The van der Waals surface area contributed by atoms with Gasteiger partial charge in [0.1, 0.15) is 0 Å². The molecule has 4 heteroatoms. The zero-order chi connectivity index (χ0) is 13.9. The molecule has 0 spiro atoms. The van der Waals surface area contributed by atoms with Crippen LogP contribution in [0.1, 0.15) is 30.6 Å². The molecule has 0 amide bonds. The Hall–Kier alpha value is -1.84. The third-order valence-electron chi connectivity index (χ3n) is 2.89. The number of benzene rings is 1. The van der Waals surface area contributed by atoms with Crippen LogP contribution in [0.4, 0.5) is 5.69 Å². The minimum absolute atomic E-state index is 0.00362. The number of rotatable bonds is 5. The molecule has 0 atom stereocenters. The molecule has 1 aromatic rings. The van der Waals surface area contributed by atoms with E-state index in [2.05, 4.69) is 0 Å². The summed E-state index contributed by atoms with van der Waals surface area (Å²) in [5.41, 5.74) is 0.524. The molecule has 1 N–H and O–H groups in total. The number of nitrogens with zero attached hydrogens (tertiary/aromatic N) is 1. The lowest BCUT2D eigenvalue weighted by molar-refractivity contribution is -0.146. The largest absolute Gasteiger partial charge is 0.481 e. The van der Waals surface area contributed by atoms with Gasteiger partial charge in [-0.3, -0.25) is 9.59 Å². The first kappa shape index (κ1) is 14.2. The molecule has 0 saturated carbocycles. The normalized spacial score (nSPS) is 11.1. The number of carboxylic acid groups (broad SMARTS) is 1. The minimum atomic E-state index is -1.03. The zero-order valence-corrected chi connectivity index (χ0v) is 11.2. The SMILES string of the molecule is CN(C)c1ccc(C(=O)CC(C)(C)C(=O)O)cc1. The number of ketones is 1. The van der Waals surface area contributed by atoms with Crippen LogP contribution >= 0.6 is 0 Å². The van der Waals surface area contributed by atoms with E-state index in [-0.39, 0.29) is 12.2 Å². The second-order valence-electron chi connectivity index (χ2n) is 5.23. The maximum absolute atomic E-state index is 12.0. The van der Waals surface area contributed by atoms with Crippen LogP contribution in [0.5, 0.6) is 0 Å². The summed E-state index contributed by atoms with van der Waals surface area (Å²) in [5, 5.41) is 9.00. The van der Waals surface area contributed by atoms with Crippen LogP contribution in [0.15, 0.2) is 24.3 Å². The molecule has 0 aliphatic heterocycles. The van der Waals surface area contributed by atoms with Crippen molar-refractivity contribution in [2.24, 2.45) is 5.41 Å². The van der Waals surface area contributed by atoms with E-state index in [1.54, 1.807) is 26.0 Å². The molecule has 1 rings (SSSR count). The molecule has 0 radical (unpaired) electrons. The first-order chi connectivity index (χ1) is 8.24. The quantitative estimate of drug-likeness (QED) is 0.814. The maximum atomic E-state index is 12.0. The number of Topliss-reactive ketones (excluding diaryl/α,β-unsaturated/α-hetero) is 1. The van der Waals surface area contributed by atoms with E-state index in [1.165, 1.54) is 0 Å². The molecule has 0 bridgehead atoms. The lowest BCUT2D eigenvalue weighted by Crippen LogP contribution is -2.26. The van der Waals surface area contributed by atoms with Gasteiger partial charge in [0.05, 0.1) is 5.41 Å². The van der Waals surface area contributed by atoms with Crippen LogP contribution in [0.2, 0.25) is 0 Å². The van der Waals surface area contributed by atoms with Crippen molar-refractivity contribution in [2.75, 3.05) is 19.0 Å². The monoisotopic (exact) mass is 249 g/mol. The van der Waals surface area contributed by atoms with Crippen molar-refractivity contribution in [3.05, 3.63) is 29.8 Å². The van der Waals surface area contributed by atoms with Gasteiger partial charge in [0.2, 0.25) is 0 Å². The van der Waals surface area contributed by atoms with Crippen molar-refractivity contribution in [2.45, 2.75) is 20.3 Å². The topological polar surface area (TPSA) is 57.6 Å². The van der Waals surface area contributed by atoms with Crippen molar-refractivity contribution in [3.8, 4) is 0 Å². The first-order valence-corrected chi connectivity index (χ1v) is 5.78.